The Morgan fingerprint density at radius 1 is 0.892 bits per heavy atom. The minimum atomic E-state index is -0.317. The van der Waals surface area contributed by atoms with E-state index in [4.69, 9.17) is 9.47 Å². The maximum atomic E-state index is 13.1. The van der Waals surface area contributed by atoms with E-state index in [1.807, 2.05) is 49.1 Å². The summed E-state index contributed by atoms with van der Waals surface area (Å²) in [6.45, 7) is 6.66. The molecule has 2 heterocycles. The van der Waals surface area contributed by atoms with Crippen molar-refractivity contribution in [1.29, 1.82) is 0 Å². The molecule has 9 nitrogen and oxygen atoms in total. The molecule has 0 spiro atoms. The molecule has 3 amide bonds. The Hall–Kier alpha value is -4.27. The van der Waals surface area contributed by atoms with E-state index in [1.165, 1.54) is 0 Å². The Balaban J connectivity index is 1.34. The molecule has 2 aromatic carbocycles. The number of amides is 3. The van der Waals surface area contributed by atoms with E-state index in [0.29, 0.717) is 42.4 Å². The number of carbonyl (C=O) groups excluding carboxylic acids is 2. The molecule has 1 aliphatic heterocycles. The molecule has 0 bridgehead atoms. The SMILES string of the molecule is COc1ccc(C(=O)N2CCCN(c3ccc(NC(=O)Nc4cccc(C)c4C)cn3)CC2)cc1OC. The number of benzene rings is 2. The number of carbonyl (C=O) groups is 2. The van der Waals surface area contributed by atoms with Crippen LogP contribution in [0.4, 0.5) is 22.0 Å². The molecule has 0 atom stereocenters. The first-order valence-electron chi connectivity index (χ1n) is 12.3. The summed E-state index contributed by atoms with van der Waals surface area (Å²) in [6, 6.07) is 14.4. The second-order valence-corrected chi connectivity index (χ2v) is 8.93. The topological polar surface area (TPSA) is 96.0 Å². The van der Waals surface area contributed by atoms with Crippen LogP contribution in [0.3, 0.4) is 0 Å². The number of ether oxygens (including phenoxy) is 2. The standard InChI is InChI=1S/C28H33N5O4/c1-19-7-5-8-23(20(19)2)31-28(35)30-22-10-12-26(29-18-22)32-13-6-14-33(16-15-32)27(34)21-9-11-24(36-3)25(17-21)37-4/h5,7-12,17-18H,6,13-16H2,1-4H3,(H2,30,31,35). The third kappa shape index (κ3) is 6.11. The second-order valence-electron chi connectivity index (χ2n) is 8.93. The van der Waals surface area contributed by atoms with E-state index in [2.05, 4.69) is 20.5 Å². The van der Waals surface area contributed by atoms with Gasteiger partial charge in [-0.2, -0.15) is 0 Å². The lowest BCUT2D eigenvalue weighted by Crippen LogP contribution is -2.35. The van der Waals surface area contributed by atoms with Crippen molar-refractivity contribution >= 4 is 29.1 Å². The van der Waals surface area contributed by atoms with E-state index in [1.54, 1.807) is 38.6 Å². The first kappa shape index (κ1) is 25.8. The molecule has 3 aromatic rings. The van der Waals surface area contributed by atoms with Crippen molar-refractivity contribution in [3.8, 4) is 11.5 Å². The van der Waals surface area contributed by atoms with Crippen LogP contribution in [-0.2, 0) is 0 Å². The molecule has 9 heteroatoms. The summed E-state index contributed by atoms with van der Waals surface area (Å²) >= 11 is 0. The highest BCUT2D eigenvalue weighted by Crippen LogP contribution is 2.28. The second kappa shape index (κ2) is 11.6. The molecule has 0 radical (unpaired) electrons. The zero-order valence-electron chi connectivity index (χ0n) is 21.7. The highest BCUT2D eigenvalue weighted by Gasteiger charge is 2.22. The van der Waals surface area contributed by atoms with Crippen LogP contribution in [0.2, 0.25) is 0 Å². The fraction of sp³-hybridized carbons (Fsp3) is 0.321. The molecule has 0 unspecified atom stereocenters. The van der Waals surface area contributed by atoms with Gasteiger partial charge in [-0.15, -0.1) is 0 Å². The summed E-state index contributed by atoms with van der Waals surface area (Å²) in [7, 11) is 3.13. The van der Waals surface area contributed by atoms with E-state index in [-0.39, 0.29) is 11.9 Å². The number of nitrogens with one attached hydrogen (secondary N) is 2. The Bertz CT molecular complexity index is 1260. The van der Waals surface area contributed by atoms with Gasteiger partial charge in [-0.05, 0) is 67.8 Å². The molecule has 194 valence electrons. The van der Waals surface area contributed by atoms with E-state index in [0.717, 1.165) is 35.6 Å². The number of hydrogen-bond donors (Lipinski definition) is 2. The van der Waals surface area contributed by atoms with E-state index in [9.17, 15) is 9.59 Å². The van der Waals surface area contributed by atoms with Crippen LogP contribution in [0.25, 0.3) is 0 Å². The molecule has 1 aliphatic rings. The Kier molecular flexibility index (Phi) is 8.12. The maximum Gasteiger partial charge on any atom is 0.323 e. The predicted octanol–water partition coefficient (Wildman–Crippen LogP) is 4.71. The number of aromatic nitrogens is 1. The van der Waals surface area contributed by atoms with Gasteiger partial charge < -0.3 is 29.9 Å². The Morgan fingerprint density at radius 3 is 2.43 bits per heavy atom. The average molecular weight is 504 g/mol. The summed E-state index contributed by atoms with van der Waals surface area (Å²) in [5.74, 6) is 1.89. The third-order valence-electron chi connectivity index (χ3n) is 6.60. The molecular formula is C28H33N5O4. The Labute approximate surface area is 217 Å². The first-order chi connectivity index (χ1) is 17.9. The van der Waals surface area contributed by atoms with Crippen LogP contribution in [-0.4, -0.2) is 62.2 Å². The summed E-state index contributed by atoms with van der Waals surface area (Å²) in [5.41, 5.74) is 4.10. The van der Waals surface area contributed by atoms with Gasteiger partial charge in [0.05, 0.1) is 26.1 Å². The zero-order chi connectivity index (χ0) is 26.4. The van der Waals surface area contributed by atoms with Crippen LogP contribution in [0.5, 0.6) is 11.5 Å². The van der Waals surface area contributed by atoms with Gasteiger partial charge in [0.1, 0.15) is 5.82 Å². The fourth-order valence-electron chi connectivity index (χ4n) is 4.32. The normalized spacial score (nSPS) is 13.5. The Morgan fingerprint density at radius 2 is 1.70 bits per heavy atom. The third-order valence-corrected chi connectivity index (χ3v) is 6.60. The lowest BCUT2D eigenvalue weighted by Gasteiger charge is -2.23. The van der Waals surface area contributed by atoms with Crippen molar-refractivity contribution < 1.29 is 19.1 Å². The lowest BCUT2D eigenvalue weighted by molar-refractivity contribution is 0.0766. The number of urea groups is 1. The molecule has 0 saturated carbocycles. The smallest absolute Gasteiger partial charge is 0.323 e. The maximum absolute atomic E-state index is 13.1. The number of rotatable bonds is 6. The van der Waals surface area contributed by atoms with Gasteiger partial charge in [-0.1, -0.05) is 12.1 Å². The van der Waals surface area contributed by atoms with Crippen molar-refractivity contribution in [2.45, 2.75) is 20.3 Å². The van der Waals surface area contributed by atoms with Crippen molar-refractivity contribution in [1.82, 2.24) is 9.88 Å². The van der Waals surface area contributed by atoms with Crippen molar-refractivity contribution in [2.24, 2.45) is 0 Å². The molecule has 1 aromatic heterocycles. The quantitative estimate of drug-likeness (QED) is 0.506. The van der Waals surface area contributed by atoms with Gasteiger partial charge in [-0.3, -0.25) is 4.79 Å². The van der Waals surface area contributed by atoms with Crippen LogP contribution in [0.15, 0.2) is 54.7 Å². The number of pyridine rings is 1. The highest BCUT2D eigenvalue weighted by molar-refractivity contribution is 6.00. The van der Waals surface area contributed by atoms with Crippen LogP contribution in [0.1, 0.15) is 27.9 Å². The van der Waals surface area contributed by atoms with Crippen molar-refractivity contribution in [2.75, 3.05) is 55.9 Å². The van der Waals surface area contributed by atoms with Gasteiger partial charge in [0.2, 0.25) is 0 Å². The molecule has 2 N–H and O–H groups in total. The molecule has 0 aliphatic carbocycles. The van der Waals surface area contributed by atoms with Gasteiger partial charge in [0, 0.05) is 37.4 Å². The predicted molar refractivity (Wildman–Crippen MR) is 145 cm³/mol. The monoisotopic (exact) mass is 503 g/mol. The zero-order valence-corrected chi connectivity index (χ0v) is 21.7. The van der Waals surface area contributed by atoms with Crippen molar-refractivity contribution in [3.05, 3.63) is 71.4 Å². The number of anilines is 3. The highest BCUT2D eigenvalue weighted by atomic mass is 16.5. The van der Waals surface area contributed by atoms with Crippen LogP contribution < -0.4 is 25.0 Å². The van der Waals surface area contributed by atoms with Crippen molar-refractivity contribution in [3.63, 3.8) is 0 Å². The van der Waals surface area contributed by atoms with Gasteiger partial charge in [0.15, 0.2) is 11.5 Å². The minimum Gasteiger partial charge on any atom is -0.493 e. The summed E-state index contributed by atoms with van der Waals surface area (Å²) in [4.78, 5) is 34.2. The molecule has 37 heavy (non-hydrogen) atoms. The van der Waals surface area contributed by atoms with Crippen LogP contribution in [0, 0.1) is 13.8 Å². The lowest BCUT2D eigenvalue weighted by atomic mass is 10.1. The van der Waals surface area contributed by atoms with Crippen LogP contribution >= 0.6 is 0 Å². The number of nitrogens with zero attached hydrogens (tertiary/aromatic N) is 3. The largest absolute Gasteiger partial charge is 0.493 e. The average Bonchev–Trinajstić information content (AvgIpc) is 3.17. The summed E-state index contributed by atoms with van der Waals surface area (Å²) < 4.78 is 10.6. The van der Waals surface area contributed by atoms with E-state index < -0.39 is 0 Å². The number of aryl methyl sites for hydroxylation is 1. The number of methoxy groups -OCH3 is 2. The molecule has 1 saturated heterocycles. The molecular weight excluding hydrogens is 470 g/mol. The van der Waals surface area contributed by atoms with E-state index >= 15 is 0 Å². The first-order valence-corrected chi connectivity index (χ1v) is 12.3. The minimum absolute atomic E-state index is 0.0369. The molecule has 1 fully saturated rings. The van der Waals surface area contributed by atoms with Gasteiger partial charge in [0.25, 0.3) is 5.91 Å². The molecule has 4 rings (SSSR count). The van der Waals surface area contributed by atoms with Gasteiger partial charge >= 0.3 is 6.03 Å². The summed E-state index contributed by atoms with van der Waals surface area (Å²) in [6.07, 6.45) is 2.47. The summed E-state index contributed by atoms with van der Waals surface area (Å²) in [5, 5.41) is 5.72. The number of hydrogen-bond acceptors (Lipinski definition) is 6. The van der Waals surface area contributed by atoms with Gasteiger partial charge in [-0.25, -0.2) is 9.78 Å². The fourth-order valence-corrected chi connectivity index (χ4v) is 4.32.